The largest absolute Gasteiger partial charge is 0.140 e. The number of allylic oxidation sites excluding steroid dienone is 1. The van der Waals surface area contributed by atoms with Crippen molar-refractivity contribution < 1.29 is 0 Å². The van der Waals surface area contributed by atoms with Crippen LogP contribution >= 0.6 is 11.3 Å². The van der Waals surface area contributed by atoms with Crippen LogP contribution in [0.5, 0.6) is 0 Å². The highest BCUT2D eigenvalue weighted by Crippen LogP contribution is 2.27. The van der Waals surface area contributed by atoms with Crippen molar-refractivity contribution in [3.05, 3.63) is 47.4 Å². The maximum Gasteiger partial charge on any atom is 0.0345 e. The van der Waals surface area contributed by atoms with Gasteiger partial charge < -0.3 is 0 Å². The predicted molar refractivity (Wildman–Crippen MR) is 65.0 cm³/mol. The van der Waals surface area contributed by atoms with Crippen molar-refractivity contribution in [2.75, 3.05) is 0 Å². The summed E-state index contributed by atoms with van der Waals surface area (Å²) in [6, 6.07) is 10.8. The van der Waals surface area contributed by atoms with Crippen molar-refractivity contribution >= 4 is 21.4 Å². The van der Waals surface area contributed by atoms with E-state index in [1.807, 2.05) is 11.3 Å². The van der Waals surface area contributed by atoms with Gasteiger partial charge in [0.25, 0.3) is 0 Å². The third-order valence-corrected chi connectivity index (χ3v) is 3.52. The maximum absolute atomic E-state index is 4.05. The molecule has 0 nitrogen and oxygen atoms in total. The Morgan fingerprint density at radius 3 is 2.86 bits per heavy atom. The van der Waals surface area contributed by atoms with Crippen LogP contribution in [0.25, 0.3) is 10.1 Å². The van der Waals surface area contributed by atoms with Crippen molar-refractivity contribution in [2.45, 2.75) is 19.8 Å². The Bertz CT molecular complexity index is 418. The molecule has 1 heterocycles. The lowest BCUT2D eigenvalue weighted by molar-refractivity contribution is 1.03. The standard InChI is InChI=1S/C13H14S/c1-3-10(2)8-12-9-11-6-4-5-7-13(11)14-12/h4-7,9H,2-3,8H2,1H3. The molecule has 0 bridgehead atoms. The van der Waals surface area contributed by atoms with E-state index in [2.05, 4.69) is 43.8 Å². The van der Waals surface area contributed by atoms with Crippen LogP contribution in [0.4, 0.5) is 0 Å². The normalized spacial score (nSPS) is 10.6. The van der Waals surface area contributed by atoms with Gasteiger partial charge in [0.05, 0.1) is 0 Å². The first kappa shape index (κ1) is 9.47. The molecule has 0 radical (unpaired) electrons. The lowest BCUT2D eigenvalue weighted by Gasteiger charge is -1.97. The summed E-state index contributed by atoms with van der Waals surface area (Å²) in [5.41, 5.74) is 1.32. The summed E-state index contributed by atoms with van der Waals surface area (Å²) in [5, 5.41) is 1.36. The van der Waals surface area contributed by atoms with E-state index in [1.54, 1.807) is 0 Å². The Kier molecular flexibility index (Phi) is 2.69. The molecule has 2 rings (SSSR count). The minimum atomic E-state index is 1.04. The monoisotopic (exact) mass is 202 g/mol. The van der Waals surface area contributed by atoms with E-state index < -0.39 is 0 Å². The fraction of sp³-hybridized carbons (Fsp3) is 0.231. The molecule has 0 saturated heterocycles. The summed E-state index contributed by atoms with van der Waals surface area (Å²) in [6.45, 7) is 6.21. The number of hydrogen-bond donors (Lipinski definition) is 0. The lowest BCUT2D eigenvalue weighted by Crippen LogP contribution is -1.82. The Morgan fingerprint density at radius 2 is 2.14 bits per heavy atom. The smallest absolute Gasteiger partial charge is 0.0345 e. The summed E-state index contributed by atoms with van der Waals surface area (Å²) in [4.78, 5) is 1.43. The quantitative estimate of drug-likeness (QED) is 0.647. The molecule has 0 N–H and O–H groups in total. The number of thiophene rings is 1. The average Bonchev–Trinajstić information content (AvgIpc) is 2.59. The summed E-state index contributed by atoms with van der Waals surface area (Å²) >= 11 is 1.88. The highest BCUT2D eigenvalue weighted by atomic mass is 32.1. The van der Waals surface area contributed by atoms with E-state index in [1.165, 1.54) is 20.5 Å². The van der Waals surface area contributed by atoms with E-state index in [-0.39, 0.29) is 0 Å². The van der Waals surface area contributed by atoms with E-state index in [0.29, 0.717) is 0 Å². The Hall–Kier alpha value is -1.08. The summed E-state index contributed by atoms with van der Waals surface area (Å²) in [7, 11) is 0. The second-order valence-corrected chi connectivity index (χ2v) is 4.70. The highest BCUT2D eigenvalue weighted by Gasteiger charge is 2.01. The van der Waals surface area contributed by atoms with E-state index in [0.717, 1.165) is 12.8 Å². The molecule has 1 heteroatoms. The molecule has 2 aromatic rings. The van der Waals surface area contributed by atoms with Crippen LogP contribution in [0.2, 0.25) is 0 Å². The number of hydrogen-bond acceptors (Lipinski definition) is 1. The van der Waals surface area contributed by atoms with Gasteiger partial charge in [-0.25, -0.2) is 0 Å². The first-order valence-electron chi connectivity index (χ1n) is 4.93. The SMILES string of the molecule is C=C(CC)Cc1cc2ccccc2s1. The predicted octanol–water partition coefficient (Wildman–Crippen LogP) is 4.41. The van der Waals surface area contributed by atoms with Crippen LogP contribution in [0.15, 0.2) is 42.5 Å². The van der Waals surface area contributed by atoms with Crippen LogP contribution in [0.1, 0.15) is 18.2 Å². The van der Waals surface area contributed by atoms with E-state index in [9.17, 15) is 0 Å². The summed E-state index contributed by atoms with van der Waals surface area (Å²) in [5.74, 6) is 0. The van der Waals surface area contributed by atoms with Crippen molar-refractivity contribution in [2.24, 2.45) is 0 Å². The Balaban J connectivity index is 2.31. The zero-order valence-corrected chi connectivity index (χ0v) is 9.23. The third-order valence-electron chi connectivity index (χ3n) is 2.40. The minimum absolute atomic E-state index is 1.04. The molecule has 0 aliphatic heterocycles. The minimum Gasteiger partial charge on any atom is -0.140 e. The van der Waals surface area contributed by atoms with Crippen LogP contribution in [-0.4, -0.2) is 0 Å². The van der Waals surface area contributed by atoms with Crippen LogP contribution < -0.4 is 0 Å². The molecular weight excluding hydrogens is 188 g/mol. The molecule has 0 fully saturated rings. The molecule has 14 heavy (non-hydrogen) atoms. The highest BCUT2D eigenvalue weighted by molar-refractivity contribution is 7.19. The first-order chi connectivity index (χ1) is 6.79. The molecule has 0 atom stereocenters. The molecule has 1 aromatic carbocycles. The zero-order chi connectivity index (χ0) is 9.97. The second kappa shape index (κ2) is 3.97. The van der Waals surface area contributed by atoms with E-state index >= 15 is 0 Å². The third kappa shape index (κ3) is 1.88. The first-order valence-corrected chi connectivity index (χ1v) is 5.75. The summed E-state index contributed by atoms with van der Waals surface area (Å²) in [6.07, 6.45) is 2.12. The summed E-state index contributed by atoms with van der Waals surface area (Å²) < 4.78 is 1.38. The van der Waals surface area contributed by atoms with Crippen LogP contribution in [0.3, 0.4) is 0 Å². The average molecular weight is 202 g/mol. The van der Waals surface area contributed by atoms with Gasteiger partial charge in [-0.1, -0.05) is 37.3 Å². The number of benzene rings is 1. The van der Waals surface area contributed by atoms with E-state index in [4.69, 9.17) is 0 Å². The van der Waals surface area contributed by atoms with Crippen molar-refractivity contribution in [1.29, 1.82) is 0 Å². The molecule has 0 aliphatic rings. The van der Waals surface area contributed by atoms with Gasteiger partial charge >= 0.3 is 0 Å². The Morgan fingerprint density at radius 1 is 1.36 bits per heavy atom. The van der Waals surface area contributed by atoms with Crippen LogP contribution in [-0.2, 0) is 6.42 Å². The van der Waals surface area contributed by atoms with Gasteiger partial charge in [-0.15, -0.1) is 11.3 Å². The van der Waals surface area contributed by atoms with Gasteiger partial charge in [0.1, 0.15) is 0 Å². The Labute approximate surface area is 88.9 Å². The molecule has 72 valence electrons. The number of rotatable bonds is 3. The lowest BCUT2D eigenvalue weighted by atomic mass is 10.1. The van der Waals surface area contributed by atoms with Crippen molar-refractivity contribution in [3.63, 3.8) is 0 Å². The van der Waals surface area contributed by atoms with Gasteiger partial charge in [-0.2, -0.15) is 0 Å². The second-order valence-electron chi connectivity index (χ2n) is 3.53. The van der Waals surface area contributed by atoms with Crippen molar-refractivity contribution in [3.8, 4) is 0 Å². The molecular formula is C13H14S. The molecule has 0 amide bonds. The fourth-order valence-electron chi connectivity index (χ4n) is 1.50. The molecule has 0 aliphatic carbocycles. The molecule has 0 unspecified atom stereocenters. The molecule has 0 spiro atoms. The fourth-order valence-corrected chi connectivity index (χ4v) is 2.63. The van der Waals surface area contributed by atoms with Gasteiger partial charge in [0.15, 0.2) is 0 Å². The van der Waals surface area contributed by atoms with Crippen molar-refractivity contribution in [1.82, 2.24) is 0 Å². The van der Waals surface area contributed by atoms with Crippen LogP contribution in [0, 0.1) is 0 Å². The molecule has 1 aromatic heterocycles. The maximum atomic E-state index is 4.05. The topological polar surface area (TPSA) is 0 Å². The van der Waals surface area contributed by atoms with Gasteiger partial charge in [-0.05, 0) is 23.9 Å². The zero-order valence-electron chi connectivity index (χ0n) is 8.42. The van der Waals surface area contributed by atoms with Gasteiger partial charge in [0, 0.05) is 16.0 Å². The van der Waals surface area contributed by atoms with Gasteiger partial charge in [-0.3, -0.25) is 0 Å². The number of fused-ring (bicyclic) bond motifs is 1. The van der Waals surface area contributed by atoms with Gasteiger partial charge in [0.2, 0.25) is 0 Å². The molecule has 0 saturated carbocycles.